The first-order chi connectivity index (χ1) is 10.1. The monoisotopic (exact) mass is 345 g/mol. The van der Waals surface area contributed by atoms with Crippen LogP contribution in [-0.2, 0) is 14.8 Å². The van der Waals surface area contributed by atoms with Crippen LogP contribution in [0.25, 0.3) is 0 Å². The fourth-order valence-electron chi connectivity index (χ4n) is 2.64. The Balaban J connectivity index is 2.65. The van der Waals surface area contributed by atoms with Gasteiger partial charge in [-0.2, -0.15) is 13.2 Å². The zero-order chi connectivity index (χ0) is 17.0. The lowest BCUT2D eigenvalue weighted by molar-refractivity contribution is -0.181. The summed E-state index contributed by atoms with van der Waals surface area (Å²) < 4.78 is 64.2. The molecule has 1 fully saturated rings. The molecule has 1 aliphatic rings. The molecule has 1 saturated carbocycles. The van der Waals surface area contributed by atoms with Gasteiger partial charge in [0.25, 0.3) is 0 Å². The van der Waals surface area contributed by atoms with Gasteiger partial charge in [-0.1, -0.05) is 19.8 Å². The second-order valence-corrected chi connectivity index (χ2v) is 7.70. The molecule has 1 rings (SSSR count). The molecule has 0 saturated heterocycles. The van der Waals surface area contributed by atoms with E-state index in [1.807, 2.05) is 6.92 Å². The van der Waals surface area contributed by atoms with Gasteiger partial charge in [0.15, 0.2) is 0 Å². The average Bonchev–Trinajstić information content (AvgIpc) is 2.42. The molecule has 9 heteroatoms. The fourth-order valence-corrected chi connectivity index (χ4v) is 4.34. The maximum absolute atomic E-state index is 12.6. The first kappa shape index (κ1) is 19.2. The second kappa shape index (κ2) is 7.63. The lowest BCUT2D eigenvalue weighted by Crippen LogP contribution is -2.46. The van der Waals surface area contributed by atoms with E-state index >= 15 is 0 Å². The number of carbonyl (C=O) groups is 1. The molecular formula is C13H22F3NO4S. The summed E-state index contributed by atoms with van der Waals surface area (Å²) in [5, 5.41) is 8.09. The zero-order valence-electron chi connectivity index (χ0n) is 12.4. The van der Waals surface area contributed by atoms with Gasteiger partial charge in [0, 0.05) is 0 Å². The van der Waals surface area contributed by atoms with Crippen LogP contribution in [0, 0.1) is 5.92 Å². The van der Waals surface area contributed by atoms with Crippen LogP contribution in [0.4, 0.5) is 13.2 Å². The summed E-state index contributed by atoms with van der Waals surface area (Å²) in [6.07, 6.45) is -3.51. The zero-order valence-corrected chi connectivity index (χ0v) is 13.2. The molecule has 22 heavy (non-hydrogen) atoms. The van der Waals surface area contributed by atoms with Crippen LogP contribution >= 0.6 is 0 Å². The SMILES string of the molecule is CCCC[C@H](NS(=O)(=O)C1CCC(C(F)(F)F)CC1)C(=O)O. The van der Waals surface area contributed by atoms with Crippen LogP contribution in [-0.4, -0.2) is 37.0 Å². The molecule has 1 atom stereocenters. The molecule has 0 aromatic heterocycles. The number of aliphatic carboxylic acids is 1. The minimum atomic E-state index is -4.30. The maximum atomic E-state index is 12.6. The number of hydrogen-bond donors (Lipinski definition) is 2. The summed E-state index contributed by atoms with van der Waals surface area (Å²) in [4.78, 5) is 11.1. The van der Waals surface area contributed by atoms with E-state index in [4.69, 9.17) is 5.11 Å². The van der Waals surface area contributed by atoms with E-state index in [-0.39, 0.29) is 32.1 Å². The number of carboxylic acids is 1. The van der Waals surface area contributed by atoms with Crippen molar-refractivity contribution < 1.29 is 31.5 Å². The van der Waals surface area contributed by atoms with E-state index in [9.17, 15) is 26.4 Å². The van der Waals surface area contributed by atoms with E-state index < -0.39 is 39.4 Å². The Bertz CT molecular complexity index is 470. The molecule has 0 radical (unpaired) electrons. The quantitative estimate of drug-likeness (QED) is 0.743. The van der Waals surface area contributed by atoms with Crippen LogP contribution < -0.4 is 4.72 Å². The van der Waals surface area contributed by atoms with Gasteiger partial charge in [-0.15, -0.1) is 0 Å². The molecular weight excluding hydrogens is 323 g/mol. The van der Waals surface area contributed by atoms with Crippen LogP contribution in [0.2, 0.25) is 0 Å². The number of alkyl halides is 3. The topological polar surface area (TPSA) is 83.5 Å². The molecule has 0 bridgehead atoms. The van der Waals surface area contributed by atoms with E-state index in [1.54, 1.807) is 0 Å². The minimum Gasteiger partial charge on any atom is -0.480 e. The molecule has 0 heterocycles. The summed E-state index contributed by atoms with van der Waals surface area (Å²) in [7, 11) is -3.93. The third-order valence-corrected chi connectivity index (χ3v) is 5.99. The van der Waals surface area contributed by atoms with E-state index in [0.29, 0.717) is 6.42 Å². The van der Waals surface area contributed by atoms with Crippen LogP contribution in [0.5, 0.6) is 0 Å². The van der Waals surface area contributed by atoms with Crippen molar-refractivity contribution in [1.82, 2.24) is 4.72 Å². The Kier molecular flexibility index (Phi) is 6.66. The number of sulfonamides is 1. The standard InChI is InChI=1S/C13H22F3NO4S/c1-2-3-4-11(12(18)19)17-22(20,21)10-7-5-9(6-8-10)13(14,15)16/h9-11,17H,2-8H2,1H3,(H,18,19)/t9?,10?,11-/m0/s1. The molecule has 1 aliphatic carbocycles. The molecule has 0 aromatic carbocycles. The lowest BCUT2D eigenvalue weighted by atomic mass is 9.88. The maximum Gasteiger partial charge on any atom is 0.391 e. The highest BCUT2D eigenvalue weighted by Gasteiger charge is 2.44. The Labute approximate surface area is 128 Å². The molecule has 2 N–H and O–H groups in total. The van der Waals surface area contributed by atoms with Crippen molar-refractivity contribution in [3.05, 3.63) is 0 Å². The molecule has 0 spiro atoms. The van der Waals surface area contributed by atoms with Gasteiger partial charge in [-0.25, -0.2) is 13.1 Å². The highest BCUT2D eigenvalue weighted by molar-refractivity contribution is 7.90. The van der Waals surface area contributed by atoms with Crippen molar-refractivity contribution in [3.63, 3.8) is 0 Å². The predicted molar refractivity (Wildman–Crippen MR) is 74.8 cm³/mol. The average molecular weight is 345 g/mol. The van der Waals surface area contributed by atoms with Crippen LogP contribution in [0.3, 0.4) is 0 Å². The smallest absolute Gasteiger partial charge is 0.391 e. The number of unbranched alkanes of at least 4 members (excludes halogenated alkanes) is 1. The highest BCUT2D eigenvalue weighted by atomic mass is 32.2. The largest absolute Gasteiger partial charge is 0.480 e. The number of carboxylic acid groups (broad SMARTS) is 1. The van der Waals surface area contributed by atoms with E-state index in [2.05, 4.69) is 4.72 Å². The summed E-state index contributed by atoms with van der Waals surface area (Å²) in [5.74, 6) is -2.73. The molecule has 0 amide bonds. The summed E-state index contributed by atoms with van der Waals surface area (Å²) in [6, 6.07) is -1.22. The summed E-state index contributed by atoms with van der Waals surface area (Å²) in [5.41, 5.74) is 0. The third kappa shape index (κ3) is 5.42. The highest BCUT2D eigenvalue weighted by Crippen LogP contribution is 2.39. The van der Waals surface area contributed by atoms with Crippen molar-refractivity contribution in [2.75, 3.05) is 0 Å². The van der Waals surface area contributed by atoms with Gasteiger partial charge in [-0.3, -0.25) is 4.79 Å². The fraction of sp³-hybridized carbons (Fsp3) is 0.923. The van der Waals surface area contributed by atoms with Gasteiger partial charge >= 0.3 is 12.1 Å². The Morgan fingerprint density at radius 1 is 1.27 bits per heavy atom. The Hall–Kier alpha value is -0.830. The van der Waals surface area contributed by atoms with Crippen molar-refractivity contribution in [3.8, 4) is 0 Å². The minimum absolute atomic E-state index is 0.0976. The molecule has 0 aliphatic heterocycles. The van der Waals surface area contributed by atoms with E-state index in [0.717, 1.165) is 6.42 Å². The predicted octanol–water partition coefficient (Wildman–Crippen LogP) is 2.67. The first-order valence-corrected chi connectivity index (χ1v) is 8.93. The van der Waals surface area contributed by atoms with Crippen molar-refractivity contribution in [2.45, 2.75) is 69.3 Å². The lowest BCUT2D eigenvalue weighted by Gasteiger charge is -2.30. The number of rotatable bonds is 7. The molecule has 5 nitrogen and oxygen atoms in total. The molecule has 130 valence electrons. The Morgan fingerprint density at radius 2 is 1.82 bits per heavy atom. The molecule has 0 unspecified atom stereocenters. The molecule has 0 aromatic rings. The van der Waals surface area contributed by atoms with Gasteiger partial charge in [0.05, 0.1) is 11.2 Å². The van der Waals surface area contributed by atoms with Crippen LogP contribution in [0.1, 0.15) is 51.9 Å². The van der Waals surface area contributed by atoms with Crippen LogP contribution in [0.15, 0.2) is 0 Å². The summed E-state index contributed by atoms with van der Waals surface area (Å²) >= 11 is 0. The van der Waals surface area contributed by atoms with Crippen molar-refractivity contribution in [1.29, 1.82) is 0 Å². The van der Waals surface area contributed by atoms with E-state index in [1.165, 1.54) is 0 Å². The van der Waals surface area contributed by atoms with Crippen molar-refractivity contribution in [2.24, 2.45) is 5.92 Å². The number of nitrogens with one attached hydrogen (secondary N) is 1. The second-order valence-electron chi connectivity index (χ2n) is 5.71. The van der Waals surface area contributed by atoms with Gasteiger partial charge < -0.3 is 5.11 Å². The third-order valence-electron chi connectivity index (χ3n) is 4.03. The van der Waals surface area contributed by atoms with Gasteiger partial charge in [-0.05, 0) is 32.1 Å². The van der Waals surface area contributed by atoms with Gasteiger partial charge in [0.2, 0.25) is 10.0 Å². The number of hydrogen-bond acceptors (Lipinski definition) is 3. The first-order valence-electron chi connectivity index (χ1n) is 7.38. The Morgan fingerprint density at radius 3 is 2.23 bits per heavy atom. The van der Waals surface area contributed by atoms with Gasteiger partial charge in [0.1, 0.15) is 6.04 Å². The number of halogens is 3. The summed E-state index contributed by atoms with van der Waals surface area (Å²) in [6.45, 7) is 1.85. The normalized spacial score (nSPS) is 24.9. The van der Waals surface area contributed by atoms with Crippen molar-refractivity contribution >= 4 is 16.0 Å².